The average molecular weight is 556 g/mol. The minimum Gasteiger partial charge on any atom is -0.373 e. The fourth-order valence-electron chi connectivity index (χ4n) is 4.34. The van der Waals surface area contributed by atoms with Gasteiger partial charge in [0.2, 0.25) is 16.0 Å². The summed E-state index contributed by atoms with van der Waals surface area (Å²) in [5, 5.41) is 10.4. The van der Waals surface area contributed by atoms with Gasteiger partial charge in [0.25, 0.3) is 0 Å². The average Bonchev–Trinajstić information content (AvgIpc) is 2.90. The third-order valence-electron chi connectivity index (χ3n) is 6.50. The first-order valence-electron chi connectivity index (χ1n) is 12.8. The Balaban J connectivity index is 1.67. The van der Waals surface area contributed by atoms with Crippen molar-refractivity contribution in [3.05, 3.63) is 83.3 Å². The number of anilines is 1. The number of sulfonamides is 1. The lowest BCUT2D eigenvalue weighted by Gasteiger charge is -2.31. The lowest BCUT2D eigenvalue weighted by Crippen LogP contribution is -2.36. The molecule has 10 heteroatoms. The van der Waals surface area contributed by atoms with Crippen LogP contribution in [0, 0.1) is 5.82 Å². The van der Waals surface area contributed by atoms with Crippen molar-refractivity contribution in [3.63, 3.8) is 0 Å². The predicted octanol–water partition coefficient (Wildman–Crippen LogP) is 4.90. The molecule has 8 nitrogen and oxygen atoms in total. The van der Waals surface area contributed by atoms with E-state index in [-0.39, 0.29) is 18.0 Å². The zero-order chi connectivity index (χ0) is 28.2. The van der Waals surface area contributed by atoms with Gasteiger partial charge in [-0.25, -0.2) is 27.1 Å². The van der Waals surface area contributed by atoms with E-state index in [0.29, 0.717) is 42.0 Å². The van der Waals surface area contributed by atoms with E-state index >= 15 is 0 Å². The first kappa shape index (κ1) is 28.8. The Morgan fingerprint density at radius 2 is 1.82 bits per heavy atom. The quantitative estimate of drug-likeness (QED) is 0.401. The monoisotopic (exact) mass is 555 g/mol. The van der Waals surface area contributed by atoms with Crippen LogP contribution in [-0.4, -0.2) is 55.3 Å². The molecule has 1 aromatic heterocycles. The molecule has 0 saturated carbocycles. The number of benzene rings is 2. The number of aliphatic hydroxyl groups is 1. The maximum Gasteiger partial charge on any atom is 0.239 e. The van der Waals surface area contributed by atoms with Crippen LogP contribution in [0.15, 0.2) is 60.7 Å². The van der Waals surface area contributed by atoms with E-state index in [2.05, 4.69) is 9.97 Å². The zero-order valence-corrected chi connectivity index (χ0v) is 23.3. The zero-order valence-electron chi connectivity index (χ0n) is 22.5. The first-order chi connectivity index (χ1) is 18.5. The summed E-state index contributed by atoms with van der Waals surface area (Å²) in [4.78, 5) is 9.18. The highest BCUT2D eigenvalue weighted by atomic mass is 32.2. The Morgan fingerprint density at radius 1 is 1.13 bits per heavy atom. The van der Waals surface area contributed by atoms with Crippen LogP contribution in [0.25, 0.3) is 17.3 Å². The minimum absolute atomic E-state index is 0.0244. The Labute approximate surface area is 229 Å². The molecule has 208 valence electrons. The molecule has 1 aliphatic rings. The molecular weight excluding hydrogens is 521 g/mol. The fourth-order valence-corrected chi connectivity index (χ4v) is 4.72. The molecule has 1 aliphatic heterocycles. The number of nitrogens with zero attached hydrogens (tertiary/aromatic N) is 3. The number of hydrogen-bond acceptors (Lipinski definition) is 7. The van der Waals surface area contributed by atoms with Gasteiger partial charge >= 0.3 is 0 Å². The van der Waals surface area contributed by atoms with Crippen molar-refractivity contribution in [2.75, 3.05) is 17.6 Å². The van der Waals surface area contributed by atoms with Crippen LogP contribution in [0.3, 0.4) is 0 Å². The fraction of sp³-hybridized carbons (Fsp3) is 0.379. The van der Waals surface area contributed by atoms with Gasteiger partial charge in [0.05, 0.1) is 36.5 Å². The Kier molecular flexibility index (Phi) is 9.12. The van der Waals surface area contributed by atoms with Crippen LogP contribution >= 0.6 is 0 Å². The molecule has 39 heavy (non-hydrogen) atoms. The van der Waals surface area contributed by atoms with E-state index < -0.39 is 28.2 Å². The van der Waals surface area contributed by atoms with E-state index in [1.807, 2.05) is 56.3 Å². The van der Waals surface area contributed by atoms with E-state index in [0.717, 1.165) is 16.1 Å². The van der Waals surface area contributed by atoms with Crippen molar-refractivity contribution < 1.29 is 27.4 Å². The van der Waals surface area contributed by atoms with Crippen LogP contribution in [0.2, 0.25) is 0 Å². The molecule has 1 fully saturated rings. The summed E-state index contributed by atoms with van der Waals surface area (Å²) in [6.45, 7) is 4.34. The lowest BCUT2D eigenvalue weighted by atomic mass is 9.96. The molecule has 3 atom stereocenters. The smallest absolute Gasteiger partial charge is 0.239 e. The van der Waals surface area contributed by atoms with Crippen molar-refractivity contribution >= 4 is 22.0 Å². The molecule has 0 spiro atoms. The number of aromatic nitrogens is 2. The highest BCUT2D eigenvalue weighted by molar-refractivity contribution is 7.92. The molecule has 4 rings (SSSR count). The molecule has 3 aromatic rings. The molecule has 1 unspecified atom stereocenters. The van der Waals surface area contributed by atoms with Crippen molar-refractivity contribution in [3.8, 4) is 11.3 Å². The minimum atomic E-state index is -3.62. The van der Waals surface area contributed by atoms with E-state index in [1.165, 1.54) is 19.2 Å². The van der Waals surface area contributed by atoms with Gasteiger partial charge in [-0.05, 0) is 35.7 Å². The number of ether oxygens (including phenoxy) is 2. The summed E-state index contributed by atoms with van der Waals surface area (Å²) >= 11 is 0. The summed E-state index contributed by atoms with van der Waals surface area (Å²) in [6.07, 6.45) is 4.04. The number of halogens is 1. The highest BCUT2D eigenvalue weighted by Gasteiger charge is 2.28. The van der Waals surface area contributed by atoms with Crippen LogP contribution in [-0.2, 0) is 26.1 Å². The predicted molar refractivity (Wildman–Crippen MR) is 149 cm³/mol. The standard InChI is InChI=1S/C29H34FN3O5S/c1-19(2)27-25(15-14-23-16-24(17-26(34)38-23)37-18-20-8-6-5-7-9-20)28(21-10-12-22(30)13-11-21)32-29(31-27)33(3)39(4,35)36/h5-15,19,23-24,26,34H,16-18H2,1-4H3/b15-14+/t23-,24-,26?/m1/s1. The molecule has 0 amide bonds. The maximum absolute atomic E-state index is 13.7. The lowest BCUT2D eigenvalue weighted by molar-refractivity contribution is -0.186. The van der Waals surface area contributed by atoms with Crippen LogP contribution < -0.4 is 4.31 Å². The van der Waals surface area contributed by atoms with Crippen LogP contribution in [0.5, 0.6) is 0 Å². The van der Waals surface area contributed by atoms with Crippen molar-refractivity contribution in [1.82, 2.24) is 9.97 Å². The van der Waals surface area contributed by atoms with Gasteiger partial charge in [-0.15, -0.1) is 0 Å². The molecular formula is C29H34FN3O5S. The number of rotatable bonds is 9. The largest absolute Gasteiger partial charge is 0.373 e. The first-order valence-corrected chi connectivity index (χ1v) is 14.6. The summed E-state index contributed by atoms with van der Waals surface area (Å²) in [5.41, 5.74) is 3.40. The third kappa shape index (κ3) is 7.48. The van der Waals surface area contributed by atoms with Crippen LogP contribution in [0.4, 0.5) is 10.3 Å². The molecule has 1 saturated heterocycles. The van der Waals surface area contributed by atoms with Gasteiger partial charge in [-0.2, -0.15) is 0 Å². The van der Waals surface area contributed by atoms with Gasteiger partial charge in [0.15, 0.2) is 6.29 Å². The Bertz CT molecular complexity index is 1400. The molecule has 2 heterocycles. The van der Waals surface area contributed by atoms with E-state index in [4.69, 9.17) is 9.47 Å². The number of aliphatic hydroxyl groups excluding tert-OH is 1. The molecule has 0 radical (unpaired) electrons. The van der Waals surface area contributed by atoms with Gasteiger partial charge in [0, 0.05) is 31.0 Å². The Morgan fingerprint density at radius 3 is 2.46 bits per heavy atom. The molecule has 0 aliphatic carbocycles. The van der Waals surface area contributed by atoms with Gasteiger partial charge < -0.3 is 14.6 Å². The van der Waals surface area contributed by atoms with E-state index in [9.17, 15) is 17.9 Å². The highest BCUT2D eigenvalue weighted by Crippen LogP contribution is 2.32. The second-order valence-corrected chi connectivity index (χ2v) is 12.0. The normalized spacial score (nSPS) is 20.0. The number of hydrogen-bond donors (Lipinski definition) is 1. The summed E-state index contributed by atoms with van der Waals surface area (Å²) in [5.74, 6) is -0.455. The van der Waals surface area contributed by atoms with Gasteiger partial charge in [-0.1, -0.05) is 56.3 Å². The van der Waals surface area contributed by atoms with E-state index in [1.54, 1.807) is 12.1 Å². The molecule has 0 bridgehead atoms. The molecule has 1 N–H and O–H groups in total. The van der Waals surface area contributed by atoms with Crippen molar-refractivity contribution in [2.24, 2.45) is 0 Å². The van der Waals surface area contributed by atoms with Crippen molar-refractivity contribution in [2.45, 2.75) is 57.7 Å². The summed E-state index contributed by atoms with van der Waals surface area (Å²) in [6, 6.07) is 15.7. The second kappa shape index (κ2) is 12.3. The summed E-state index contributed by atoms with van der Waals surface area (Å²) in [7, 11) is -2.22. The maximum atomic E-state index is 13.7. The van der Waals surface area contributed by atoms with Crippen molar-refractivity contribution in [1.29, 1.82) is 0 Å². The second-order valence-electron chi connectivity index (χ2n) is 9.94. The van der Waals surface area contributed by atoms with Gasteiger partial charge in [0.1, 0.15) is 5.82 Å². The third-order valence-corrected chi connectivity index (χ3v) is 7.66. The van der Waals surface area contributed by atoms with Gasteiger partial charge in [-0.3, -0.25) is 0 Å². The summed E-state index contributed by atoms with van der Waals surface area (Å²) < 4.78 is 51.1. The topological polar surface area (TPSA) is 102 Å². The molecule has 2 aromatic carbocycles. The SMILES string of the molecule is CC(C)c1nc(N(C)S(C)(=O)=O)nc(-c2ccc(F)cc2)c1/C=C/[C@@H]1C[C@@H](OCc2ccccc2)CC(O)O1. The Hall–Kier alpha value is -3.18. The van der Waals surface area contributed by atoms with Crippen LogP contribution in [0.1, 0.15) is 49.4 Å².